The first-order valence-electron chi connectivity index (χ1n) is 10.5. The molecular weight excluding hydrogens is 410 g/mol. The summed E-state index contributed by atoms with van der Waals surface area (Å²) in [6.07, 6.45) is 4.92. The van der Waals surface area contributed by atoms with E-state index in [1.165, 1.54) is 0 Å². The van der Waals surface area contributed by atoms with Crippen LogP contribution in [0.1, 0.15) is 18.4 Å². The number of H-pyrrole nitrogens is 1. The maximum atomic E-state index is 12.5. The van der Waals surface area contributed by atoms with Gasteiger partial charge in [0, 0.05) is 24.4 Å². The lowest BCUT2D eigenvalue weighted by atomic mass is 10.1. The van der Waals surface area contributed by atoms with E-state index in [1.807, 2.05) is 12.1 Å². The van der Waals surface area contributed by atoms with Gasteiger partial charge in [0.2, 0.25) is 11.8 Å². The number of likely N-dealkylation sites (tertiary alicyclic amines) is 1. The number of pyridine rings is 1. The molecule has 1 aliphatic rings. The number of amides is 1. The molecule has 0 saturated carbocycles. The van der Waals surface area contributed by atoms with E-state index in [-0.39, 0.29) is 17.6 Å². The summed E-state index contributed by atoms with van der Waals surface area (Å²) in [5.41, 5.74) is 1.48. The zero-order valence-electron chi connectivity index (χ0n) is 17.7. The first kappa shape index (κ1) is 21.6. The number of nitrogens with one attached hydrogen (secondary N) is 1. The minimum absolute atomic E-state index is 0.0520. The molecular formula is C23H25N5O4. The zero-order chi connectivity index (χ0) is 22.3. The predicted octanol–water partition coefficient (Wildman–Crippen LogP) is 2.28. The number of carbonyl (C=O) groups is 1. The fourth-order valence-corrected chi connectivity index (χ4v) is 3.76. The minimum Gasteiger partial charge on any atom is -0.472 e. The Labute approximate surface area is 185 Å². The Bertz CT molecular complexity index is 1150. The van der Waals surface area contributed by atoms with E-state index < -0.39 is 0 Å². The molecule has 0 radical (unpaired) electrons. The molecule has 1 atom stereocenters. The summed E-state index contributed by atoms with van der Waals surface area (Å²) in [5.74, 6) is 0.571. The molecule has 32 heavy (non-hydrogen) atoms. The van der Waals surface area contributed by atoms with Crippen LogP contribution < -0.4 is 10.3 Å². The number of rotatable bonds is 9. The van der Waals surface area contributed by atoms with Crippen LogP contribution >= 0.6 is 0 Å². The standard InChI is InChI=1S/C23H25N5O4/c1-24-17-5-6-21(25-13-17)32-18-7-10-28(15-18)22(29)9-12-31-11-8-16-3-2-4-19-20(16)14-26-27-23(19)30/h2-6,13-14,18H,1,7-12,15H2,(H,27,30). The second-order valence-corrected chi connectivity index (χ2v) is 7.57. The number of aliphatic imine (C=N–C) groups is 1. The van der Waals surface area contributed by atoms with Gasteiger partial charge < -0.3 is 14.4 Å². The molecule has 0 bridgehead atoms. The molecule has 3 aromatic rings. The van der Waals surface area contributed by atoms with Gasteiger partial charge >= 0.3 is 0 Å². The molecule has 1 N–H and O–H groups in total. The molecule has 3 heterocycles. The van der Waals surface area contributed by atoms with Crippen molar-refractivity contribution in [1.82, 2.24) is 20.1 Å². The van der Waals surface area contributed by atoms with Gasteiger partial charge in [-0.05, 0) is 30.8 Å². The number of aromatic nitrogens is 3. The molecule has 1 fully saturated rings. The third-order valence-corrected chi connectivity index (χ3v) is 5.47. The fourth-order valence-electron chi connectivity index (χ4n) is 3.76. The first-order valence-corrected chi connectivity index (χ1v) is 10.5. The van der Waals surface area contributed by atoms with Crippen LogP contribution in [0.15, 0.2) is 52.5 Å². The third-order valence-electron chi connectivity index (χ3n) is 5.47. The van der Waals surface area contributed by atoms with E-state index >= 15 is 0 Å². The molecule has 1 aliphatic heterocycles. The highest BCUT2D eigenvalue weighted by molar-refractivity contribution is 5.83. The minimum atomic E-state index is -0.203. The Kier molecular flexibility index (Phi) is 6.86. The summed E-state index contributed by atoms with van der Waals surface area (Å²) < 4.78 is 11.5. The summed E-state index contributed by atoms with van der Waals surface area (Å²) in [7, 11) is 0. The van der Waals surface area contributed by atoms with Gasteiger partial charge in [0.25, 0.3) is 5.56 Å². The Hall–Kier alpha value is -3.59. The molecule has 1 saturated heterocycles. The number of hydrogen-bond acceptors (Lipinski definition) is 7. The summed E-state index contributed by atoms with van der Waals surface area (Å²) in [4.78, 5) is 34.1. The van der Waals surface area contributed by atoms with Crippen molar-refractivity contribution in [2.45, 2.75) is 25.4 Å². The van der Waals surface area contributed by atoms with Crippen LogP contribution in [0.5, 0.6) is 5.88 Å². The monoisotopic (exact) mass is 435 g/mol. The van der Waals surface area contributed by atoms with Gasteiger partial charge in [-0.2, -0.15) is 5.10 Å². The Morgan fingerprint density at radius 3 is 2.94 bits per heavy atom. The van der Waals surface area contributed by atoms with Crippen molar-refractivity contribution in [2.24, 2.45) is 4.99 Å². The van der Waals surface area contributed by atoms with Gasteiger partial charge in [0.15, 0.2) is 0 Å². The molecule has 166 valence electrons. The van der Waals surface area contributed by atoms with E-state index in [9.17, 15) is 9.59 Å². The summed E-state index contributed by atoms with van der Waals surface area (Å²) in [5, 5.41) is 7.75. The lowest BCUT2D eigenvalue weighted by Crippen LogP contribution is -2.31. The smallest absolute Gasteiger partial charge is 0.272 e. The number of nitrogens with zero attached hydrogens (tertiary/aromatic N) is 4. The highest BCUT2D eigenvalue weighted by Gasteiger charge is 2.27. The molecule has 1 aromatic carbocycles. The second-order valence-electron chi connectivity index (χ2n) is 7.57. The number of fused-ring (bicyclic) bond motifs is 1. The van der Waals surface area contributed by atoms with Gasteiger partial charge in [-0.25, -0.2) is 10.1 Å². The quantitative estimate of drug-likeness (QED) is 0.408. The molecule has 0 spiro atoms. The van der Waals surface area contributed by atoms with Crippen LogP contribution in [0.3, 0.4) is 0 Å². The molecule has 2 aromatic heterocycles. The second kappa shape index (κ2) is 10.1. The highest BCUT2D eigenvalue weighted by Crippen LogP contribution is 2.19. The van der Waals surface area contributed by atoms with Gasteiger partial charge in [0.05, 0.1) is 49.6 Å². The average Bonchev–Trinajstić information content (AvgIpc) is 3.28. The maximum absolute atomic E-state index is 12.5. The van der Waals surface area contributed by atoms with Crippen LogP contribution in [0.2, 0.25) is 0 Å². The number of hydrogen-bond donors (Lipinski definition) is 1. The van der Waals surface area contributed by atoms with Crippen molar-refractivity contribution in [3.05, 3.63) is 58.6 Å². The van der Waals surface area contributed by atoms with E-state index in [1.54, 1.807) is 35.5 Å². The van der Waals surface area contributed by atoms with Crippen molar-refractivity contribution in [3.8, 4) is 5.88 Å². The Morgan fingerprint density at radius 1 is 1.22 bits per heavy atom. The largest absolute Gasteiger partial charge is 0.472 e. The summed E-state index contributed by atoms with van der Waals surface area (Å²) in [6.45, 7) is 5.47. The lowest BCUT2D eigenvalue weighted by molar-refractivity contribution is -0.131. The Morgan fingerprint density at radius 2 is 2.12 bits per heavy atom. The number of carbonyl (C=O) groups excluding carboxylic acids is 1. The average molecular weight is 435 g/mol. The highest BCUT2D eigenvalue weighted by atomic mass is 16.5. The maximum Gasteiger partial charge on any atom is 0.272 e. The number of ether oxygens (including phenoxy) is 2. The topological polar surface area (TPSA) is 110 Å². The predicted molar refractivity (Wildman–Crippen MR) is 121 cm³/mol. The van der Waals surface area contributed by atoms with Crippen LogP contribution in [0.4, 0.5) is 5.69 Å². The lowest BCUT2D eigenvalue weighted by Gasteiger charge is -2.17. The van der Waals surface area contributed by atoms with Crippen LogP contribution in [0.25, 0.3) is 10.8 Å². The van der Waals surface area contributed by atoms with E-state index in [2.05, 4.69) is 26.9 Å². The molecule has 9 heteroatoms. The molecule has 9 nitrogen and oxygen atoms in total. The Balaban J connectivity index is 1.18. The molecule has 4 rings (SSSR count). The van der Waals surface area contributed by atoms with E-state index in [0.717, 1.165) is 17.4 Å². The van der Waals surface area contributed by atoms with Gasteiger partial charge in [-0.3, -0.25) is 14.6 Å². The van der Waals surface area contributed by atoms with Gasteiger partial charge in [0.1, 0.15) is 6.10 Å². The van der Waals surface area contributed by atoms with Crippen molar-refractivity contribution < 1.29 is 14.3 Å². The van der Waals surface area contributed by atoms with E-state index in [4.69, 9.17) is 9.47 Å². The number of benzene rings is 1. The molecule has 1 amide bonds. The van der Waals surface area contributed by atoms with Crippen LogP contribution in [-0.2, 0) is 16.0 Å². The SMILES string of the molecule is C=Nc1ccc(OC2CCN(C(=O)CCOCCc3cccc4c(=O)[nH]ncc34)C2)nc1. The van der Waals surface area contributed by atoms with Gasteiger partial charge in [-0.1, -0.05) is 12.1 Å². The van der Waals surface area contributed by atoms with Crippen molar-refractivity contribution >= 4 is 29.1 Å². The summed E-state index contributed by atoms with van der Waals surface area (Å²) in [6, 6.07) is 9.12. The van der Waals surface area contributed by atoms with Crippen LogP contribution in [-0.4, -0.2) is 65.1 Å². The van der Waals surface area contributed by atoms with Crippen molar-refractivity contribution in [3.63, 3.8) is 0 Å². The van der Waals surface area contributed by atoms with Crippen molar-refractivity contribution in [1.29, 1.82) is 0 Å². The van der Waals surface area contributed by atoms with Crippen LogP contribution in [0, 0.1) is 0 Å². The first-order chi connectivity index (χ1) is 15.6. The molecule has 1 unspecified atom stereocenters. The molecule has 0 aliphatic carbocycles. The fraction of sp³-hybridized carbons (Fsp3) is 0.348. The number of aromatic amines is 1. The van der Waals surface area contributed by atoms with E-state index in [0.29, 0.717) is 56.1 Å². The third kappa shape index (κ3) is 5.17. The van der Waals surface area contributed by atoms with Crippen molar-refractivity contribution in [2.75, 3.05) is 26.3 Å². The zero-order valence-corrected chi connectivity index (χ0v) is 17.7. The summed E-state index contributed by atoms with van der Waals surface area (Å²) >= 11 is 0. The normalized spacial score (nSPS) is 15.8. The van der Waals surface area contributed by atoms with Gasteiger partial charge in [-0.15, -0.1) is 0 Å².